The van der Waals surface area contributed by atoms with E-state index in [4.69, 9.17) is 9.84 Å². The van der Waals surface area contributed by atoms with E-state index in [2.05, 4.69) is 0 Å². The Kier molecular flexibility index (Phi) is 5.78. The fourth-order valence-corrected chi connectivity index (χ4v) is 2.49. The van der Waals surface area contributed by atoms with Crippen LogP contribution in [0.5, 0.6) is 5.75 Å². The van der Waals surface area contributed by atoms with E-state index in [1.807, 2.05) is 0 Å². The van der Waals surface area contributed by atoms with Crippen LogP contribution in [0, 0.1) is 5.92 Å². The highest BCUT2D eigenvalue weighted by Crippen LogP contribution is 2.23. The molecular weight excluding hydrogens is 312 g/mol. The maximum atomic E-state index is 11.9. The number of anilines is 1. The van der Waals surface area contributed by atoms with Gasteiger partial charge in [-0.1, -0.05) is 6.92 Å². The maximum Gasteiger partial charge on any atom is 0.308 e. The van der Waals surface area contributed by atoms with Gasteiger partial charge in [0.05, 0.1) is 5.92 Å². The highest BCUT2D eigenvalue weighted by Gasteiger charge is 2.21. The lowest BCUT2D eigenvalue weighted by atomic mass is 10.2. The van der Waals surface area contributed by atoms with Crippen molar-refractivity contribution in [1.29, 1.82) is 0 Å². The van der Waals surface area contributed by atoms with Crippen molar-refractivity contribution in [2.75, 3.05) is 31.6 Å². The predicted octanol–water partition coefficient (Wildman–Crippen LogP) is 1.37. The number of carboxylic acid groups (broad SMARTS) is 1. The summed E-state index contributed by atoms with van der Waals surface area (Å²) in [6.45, 7) is 2.24. The van der Waals surface area contributed by atoms with E-state index in [-0.39, 0.29) is 25.0 Å². The molecule has 0 bridgehead atoms. The molecule has 0 aliphatic carbocycles. The van der Waals surface area contributed by atoms with Gasteiger partial charge in [-0.25, -0.2) is 0 Å². The Morgan fingerprint density at radius 3 is 2.54 bits per heavy atom. The number of carbonyl (C=O) groups is 3. The summed E-state index contributed by atoms with van der Waals surface area (Å²) in [5.41, 5.74) is 0.823. The zero-order valence-electron chi connectivity index (χ0n) is 13.9. The van der Waals surface area contributed by atoms with Crippen molar-refractivity contribution in [2.24, 2.45) is 5.92 Å². The van der Waals surface area contributed by atoms with Crippen LogP contribution in [0.1, 0.15) is 19.8 Å². The van der Waals surface area contributed by atoms with Crippen molar-refractivity contribution in [1.82, 2.24) is 4.90 Å². The largest absolute Gasteiger partial charge is 0.484 e. The third-order valence-corrected chi connectivity index (χ3v) is 3.98. The summed E-state index contributed by atoms with van der Waals surface area (Å²) in [6.07, 6.45) is 1.44. The lowest BCUT2D eigenvalue weighted by Crippen LogP contribution is -2.36. The summed E-state index contributed by atoms with van der Waals surface area (Å²) in [4.78, 5) is 37.5. The van der Waals surface area contributed by atoms with Crippen LogP contribution in [0.3, 0.4) is 0 Å². The number of amides is 2. The monoisotopic (exact) mass is 334 g/mol. The minimum atomic E-state index is -0.942. The molecule has 0 saturated carbocycles. The van der Waals surface area contributed by atoms with Crippen molar-refractivity contribution >= 4 is 23.5 Å². The van der Waals surface area contributed by atoms with Gasteiger partial charge in [-0.15, -0.1) is 0 Å². The van der Waals surface area contributed by atoms with Crippen LogP contribution >= 0.6 is 0 Å². The normalized spacial score (nSPS) is 15.2. The molecule has 1 atom stereocenters. The summed E-state index contributed by atoms with van der Waals surface area (Å²) in [7, 11) is 1.55. The summed E-state index contributed by atoms with van der Waals surface area (Å²) < 4.78 is 5.43. The molecule has 2 amide bonds. The number of benzene rings is 1. The second kappa shape index (κ2) is 7.81. The van der Waals surface area contributed by atoms with E-state index >= 15 is 0 Å². The Hall–Kier alpha value is -2.57. The first-order chi connectivity index (χ1) is 11.4. The van der Waals surface area contributed by atoms with E-state index in [0.717, 1.165) is 18.7 Å². The Labute approximate surface area is 140 Å². The van der Waals surface area contributed by atoms with E-state index in [0.29, 0.717) is 12.2 Å². The van der Waals surface area contributed by atoms with Crippen LogP contribution in [0.2, 0.25) is 0 Å². The van der Waals surface area contributed by atoms with E-state index in [9.17, 15) is 14.4 Å². The van der Waals surface area contributed by atoms with Crippen LogP contribution in [0.4, 0.5) is 5.69 Å². The summed E-state index contributed by atoms with van der Waals surface area (Å²) in [6, 6.07) is 7.01. The van der Waals surface area contributed by atoms with Gasteiger partial charge >= 0.3 is 5.97 Å². The third kappa shape index (κ3) is 4.47. The number of likely N-dealkylation sites (N-methyl/N-ethyl adjacent to an activating group) is 1. The molecule has 1 saturated heterocycles. The number of rotatable bonds is 7. The minimum absolute atomic E-state index is 0.119. The third-order valence-electron chi connectivity index (χ3n) is 3.98. The first-order valence-electron chi connectivity index (χ1n) is 7.88. The van der Waals surface area contributed by atoms with Crippen LogP contribution in [0.15, 0.2) is 24.3 Å². The van der Waals surface area contributed by atoms with Gasteiger partial charge in [-0.05, 0) is 30.7 Å². The Morgan fingerprint density at radius 2 is 2.00 bits per heavy atom. The molecule has 1 fully saturated rings. The molecule has 1 aliphatic rings. The van der Waals surface area contributed by atoms with Gasteiger partial charge in [0.1, 0.15) is 5.75 Å². The van der Waals surface area contributed by atoms with Gasteiger partial charge in [0.25, 0.3) is 5.91 Å². The molecule has 1 heterocycles. The molecule has 0 aromatic heterocycles. The summed E-state index contributed by atoms with van der Waals surface area (Å²) in [5.74, 6) is -1.22. The van der Waals surface area contributed by atoms with Gasteiger partial charge in [0, 0.05) is 32.2 Å². The quantitative estimate of drug-likeness (QED) is 0.814. The fourth-order valence-electron chi connectivity index (χ4n) is 2.49. The molecule has 7 nitrogen and oxygen atoms in total. The van der Waals surface area contributed by atoms with Crippen molar-refractivity contribution in [3.05, 3.63) is 24.3 Å². The number of carbonyl (C=O) groups excluding carboxylic acids is 2. The smallest absolute Gasteiger partial charge is 0.308 e. The zero-order chi connectivity index (χ0) is 17.7. The number of hydrogen-bond donors (Lipinski definition) is 1. The lowest BCUT2D eigenvalue weighted by molar-refractivity contribution is -0.143. The van der Waals surface area contributed by atoms with Crippen LogP contribution < -0.4 is 9.64 Å². The van der Waals surface area contributed by atoms with Crippen molar-refractivity contribution < 1.29 is 24.2 Å². The molecule has 1 aromatic rings. The average Bonchev–Trinajstić information content (AvgIpc) is 2.98. The van der Waals surface area contributed by atoms with Crippen molar-refractivity contribution in [3.8, 4) is 5.75 Å². The molecule has 1 N–H and O–H groups in total. The molecule has 24 heavy (non-hydrogen) atoms. The second-order valence-corrected chi connectivity index (χ2v) is 5.95. The molecular formula is C17H22N2O5. The standard InChI is InChI=1S/C17H22N2O5/c1-12(17(22)23)10-18(2)16(21)11-24-14-7-5-13(6-8-14)19-9-3-4-15(19)20/h5-8,12H,3-4,9-11H2,1-2H3,(H,22,23). The first-order valence-corrected chi connectivity index (χ1v) is 7.88. The molecule has 1 aliphatic heterocycles. The highest BCUT2D eigenvalue weighted by atomic mass is 16.5. The van der Waals surface area contributed by atoms with Gasteiger partial charge < -0.3 is 19.6 Å². The molecule has 0 spiro atoms. The second-order valence-electron chi connectivity index (χ2n) is 5.95. The van der Waals surface area contributed by atoms with Crippen molar-refractivity contribution in [2.45, 2.75) is 19.8 Å². The van der Waals surface area contributed by atoms with E-state index < -0.39 is 11.9 Å². The average molecular weight is 334 g/mol. The van der Waals surface area contributed by atoms with Crippen LogP contribution in [-0.4, -0.2) is 54.5 Å². The molecule has 0 radical (unpaired) electrons. The van der Waals surface area contributed by atoms with Crippen LogP contribution in [-0.2, 0) is 14.4 Å². The molecule has 7 heteroatoms. The first kappa shape index (κ1) is 17.8. The highest BCUT2D eigenvalue weighted by molar-refractivity contribution is 5.95. The van der Waals surface area contributed by atoms with Gasteiger partial charge in [0.15, 0.2) is 6.61 Å². The number of ether oxygens (including phenoxy) is 1. The SMILES string of the molecule is CC(CN(C)C(=O)COc1ccc(N2CCCC2=O)cc1)C(=O)O. The Bertz CT molecular complexity index is 614. The molecule has 1 unspecified atom stereocenters. The van der Waals surface area contributed by atoms with E-state index in [1.165, 1.54) is 4.90 Å². The number of aliphatic carboxylic acids is 1. The lowest BCUT2D eigenvalue weighted by Gasteiger charge is -2.20. The molecule has 1 aromatic carbocycles. The maximum absolute atomic E-state index is 11.9. The molecule has 2 rings (SSSR count). The molecule has 130 valence electrons. The van der Waals surface area contributed by atoms with Gasteiger partial charge in [0.2, 0.25) is 5.91 Å². The number of nitrogens with zero attached hydrogens (tertiary/aromatic N) is 2. The fraction of sp³-hybridized carbons (Fsp3) is 0.471. The van der Waals surface area contributed by atoms with Crippen LogP contribution in [0.25, 0.3) is 0 Å². The summed E-state index contributed by atoms with van der Waals surface area (Å²) in [5, 5.41) is 8.86. The van der Waals surface area contributed by atoms with Gasteiger partial charge in [-0.3, -0.25) is 14.4 Å². The van der Waals surface area contributed by atoms with E-state index in [1.54, 1.807) is 43.1 Å². The zero-order valence-corrected chi connectivity index (χ0v) is 13.9. The minimum Gasteiger partial charge on any atom is -0.484 e. The Morgan fingerprint density at radius 1 is 1.33 bits per heavy atom. The summed E-state index contributed by atoms with van der Waals surface area (Å²) >= 11 is 0. The predicted molar refractivity (Wildman–Crippen MR) is 88.0 cm³/mol. The number of hydrogen-bond acceptors (Lipinski definition) is 4. The van der Waals surface area contributed by atoms with Crippen molar-refractivity contribution in [3.63, 3.8) is 0 Å². The van der Waals surface area contributed by atoms with Gasteiger partial charge in [-0.2, -0.15) is 0 Å². The topological polar surface area (TPSA) is 87.2 Å². The Balaban J connectivity index is 1.84. The number of carboxylic acids is 1.